The summed E-state index contributed by atoms with van der Waals surface area (Å²) >= 11 is 0. The summed E-state index contributed by atoms with van der Waals surface area (Å²) in [6.45, 7) is 4.93. The van der Waals surface area contributed by atoms with Crippen molar-refractivity contribution < 1.29 is 23.5 Å². The number of ketones is 1. The summed E-state index contributed by atoms with van der Waals surface area (Å²) in [6.07, 6.45) is 2.96. The lowest BCUT2D eigenvalue weighted by Gasteiger charge is -2.33. The monoisotopic (exact) mass is 452 g/mol. The van der Waals surface area contributed by atoms with Crippen LogP contribution < -0.4 is 9.47 Å². The van der Waals surface area contributed by atoms with Crippen LogP contribution in [-0.2, 0) is 4.74 Å². The first kappa shape index (κ1) is 23.3. The van der Waals surface area contributed by atoms with Crippen LogP contribution in [0.4, 0.5) is 0 Å². The number of rotatable bonds is 10. The van der Waals surface area contributed by atoms with Crippen molar-refractivity contribution in [1.82, 2.24) is 10.1 Å². The minimum atomic E-state index is -0.000180. The number of methoxy groups -OCH3 is 2. The average Bonchev–Trinajstić information content (AvgIpc) is 3.28. The Bertz CT molecular complexity index is 1070. The zero-order valence-electron chi connectivity index (χ0n) is 19.6. The van der Waals surface area contributed by atoms with Gasteiger partial charge in [-0.2, -0.15) is 0 Å². The van der Waals surface area contributed by atoms with E-state index in [0.717, 1.165) is 55.6 Å². The number of likely N-dealkylation sites (tertiary alicyclic amines) is 1. The Morgan fingerprint density at radius 3 is 2.67 bits per heavy atom. The van der Waals surface area contributed by atoms with Crippen LogP contribution in [-0.4, -0.2) is 62.4 Å². The van der Waals surface area contributed by atoms with E-state index in [1.807, 2.05) is 18.2 Å². The van der Waals surface area contributed by atoms with E-state index in [0.29, 0.717) is 29.6 Å². The molecule has 176 valence electrons. The molecule has 0 aliphatic carbocycles. The standard InChI is InChI=1S/C26H32N2O5/c1-18(29)20-8-9-24(25(16-20)31-3)32-15-12-21(30-2)17-28-13-10-19(11-14-28)26-22-6-4-5-7-23(22)33-27-26/h4-9,16,19,21H,10-15,17H2,1-3H3. The van der Waals surface area contributed by atoms with Gasteiger partial charge in [0.25, 0.3) is 0 Å². The minimum absolute atomic E-state index is 0.000180. The highest BCUT2D eigenvalue weighted by Crippen LogP contribution is 2.33. The van der Waals surface area contributed by atoms with Crippen LogP contribution in [0.3, 0.4) is 0 Å². The predicted octanol–water partition coefficient (Wildman–Crippen LogP) is 4.70. The molecular formula is C26H32N2O5. The second-order valence-corrected chi connectivity index (χ2v) is 8.56. The largest absolute Gasteiger partial charge is 0.493 e. The fraction of sp³-hybridized carbons (Fsp3) is 0.462. The summed E-state index contributed by atoms with van der Waals surface area (Å²) in [5.74, 6) is 1.64. The lowest BCUT2D eigenvalue weighted by Crippen LogP contribution is -2.39. The summed E-state index contributed by atoms with van der Waals surface area (Å²) in [5, 5.41) is 5.49. The first-order valence-corrected chi connectivity index (χ1v) is 11.5. The maximum absolute atomic E-state index is 11.6. The zero-order valence-corrected chi connectivity index (χ0v) is 19.6. The Kier molecular flexibility index (Phi) is 7.62. The van der Waals surface area contributed by atoms with E-state index in [1.165, 1.54) is 6.92 Å². The molecule has 33 heavy (non-hydrogen) atoms. The molecule has 4 rings (SSSR count). The number of Topliss-reactive ketones (excluding diaryl/α,β-unsaturated/α-hetero) is 1. The summed E-state index contributed by atoms with van der Waals surface area (Å²) in [5.41, 5.74) is 2.56. The number of para-hydroxylation sites is 1. The molecule has 0 N–H and O–H groups in total. The fourth-order valence-electron chi connectivity index (χ4n) is 4.47. The van der Waals surface area contributed by atoms with Gasteiger partial charge in [-0.3, -0.25) is 4.79 Å². The molecule has 2 aromatic carbocycles. The zero-order chi connectivity index (χ0) is 23.2. The molecule has 0 saturated carbocycles. The molecule has 1 atom stereocenters. The molecule has 1 aromatic heterocycles. The predicted molar refractivity (Wildman–Crippen MR) is 126 cm³/mol. The van der Waals surface area contributed by atoms with Gasteiger partial charge in [-0.05, 0) is 63.2 Å². The lowest BCUT2D eigenvalue weighted by molar-refractivity contribution is 0.0405. The average molecular weight is 453 g/mol. The van der Waals surface area contributed by atoms with Gasteiger partial charge in [0.05, 0.1) is 25.5 Å². The Balaban J connectivity index is 1.26. The van der Waals surface area contributed by atoms with Crippen molar-refractivity contribution in [3.63, 3.8) is 0 Å². The van der Waals surface area contributed by atoms with Gasteiger partial charge in [-0.1, -0.05) is 17.3 Å². The molecule has 0 spiro atoms. The number of hydrogen-bond acceptors (Lipinski definition) is 7. The van der Waals surface area contributed by atoms with Gasteiger partial charge in [0.1, 0.15) is 0 Å². The number of carbonyl (C=O) groups is 1. The highest BCUT2D eigenvalue weighted by Gasteiger charge is 2.26. The van der Waals surface area contributed by atoms with Crippen LogP contribution in [0.25, 0.3) is 11.0 Å². The fourth-order valence-corrected chi connectivity index (χ4v) is 4.47. The van der Waals surface area contributed by atoms with Crippen LogP contribution in [0.15, 0.2) is 47.0 Å². The van der Waals surface area contributed by atoms with Gasteiger partial charge in [0.15, 0.2) is 22.9 Å². The molecule has 2 heterocycles. The van der Waals surface area contributed by atoms with Gasteiger partial charge in [0, 0.05) is 36.9 Å². The summed E-state index contributed by atoms with van der Waals surface area (Å²) in [7, 11) is 3.33. The number of ether oxygens (including phenoxy) is 3. The van der Waals surface area contributed by atoms with E-state index in [2.05, 4.69) is 16.1 Å². The highest BCUT2D eigenvalue weighted by molar-refractivity contribution is 5.94. The smallest absolute Gasteiger partial charge is 0.167 e. The first-order chi connectivity index (χ1) is 16.1. The van der Waals surface area contributed by atoms with Crippen LogP contribution in [0.2, 0.25) is 0 Å². The first-order valence-electron chi connectivity index (χ1n) is 11.5. The van der Waals surface area contributed by atoms with E-state index in [1.54, 1.807) is 32.4 Å². The van der Waals surface area contributed by atoms with Gasteiger partial charge in [-0.15, -0.1) is 0 Å². The molecule has 0 bridgehead atoms. The number of piperidine rings is 1. The summed E-state index contributed by atoms with van der Waals surface area (Å²) in [4.78, 5) is 14.0. The SMILES string of the molecule is COc1cc(C(C)=O)ccc1OCCC(CN1CCC(c2noc3ccccc23)CC1)OC. The van der Waals surface area contributed by atoms with Crippen LogP contribution in [0.1, 0.15) is 48.2 Å². The van der Waals surface area contributed by atoms with Crippen molar-refractivity contribution in [2.75, 3.05) is 40.5 Å². The van der Waals surface area contributed by atoms with Crippen molar-refractivity contribution in [3.05, 3.63) is 53.7 Å². The van der Waals surface area contributed by atoms with Crippen LogP contribution in [0, 0.1) is 0 Å². The lowest BCUT2D eigenvalue weighted by atomic mass is 9.91. The van der Waals surface area contributed by atoms with Crippen molar-refractivity contribution in [2.45, 2.75) is 38.2 Å². The van der Waals surface area contributed by atoms with E-state index in [9.17, 15) is 4.79 Å². The molecule has 0 amide bonds. The quantitative estimate of drug-likeness (QED) is 0.413. The number of nitrogens with zero attached hydrogens (tertiary/aromatic N) is 2. The number of carbonyl (C=O) groups excluding carboxylic acids is 1. The molecule has 1 unspecified atom stereocenters. The van der Waals surface area contributed by atoms with Crippen molar-refractivity contribution in [1.29, 1.82) is 0 Å². The molecule has 1 aliphatic rings. The minimum Gasteiger partial charge on any atom is -0.493 e. The molecule has 1 aliphatic heterocycles. The highest BCUT2D eigenvalue weighted by atomic mass is 16.5. The van der Waals surface area contributed by atoms with Gasteiger partial charge in [0.2, 0.25) is 0 Å². The third-order valence-corrected chi connectivity index (χ3v) is 6.44. The second kappa shape index (κ2) is 10.8. The van der Waals surface area contributed by atoms with Gasteiger partial charge in [-0.25, -0.2) is 0 Å². The normalized spacial score (nSPS) is 16.1. The van der Waals surface area contributed by atoms with E-state index >= 15 is 0 Å². The van der Waals surface area contributed by atoms with Gasteiger partial charge < -0.3 is 23.6 Å². The topological polar surface area (TPSA) is 74.0 Å². The Labute approximate surface area is 194 Å². The van der Waals surface area contributed by atoms with E-state index in [4.69, 9.17) is 18.7 Å². The molecule has 3 aromatic rings. The van der Waals surface area contributed by atoms with E-state index in [-0.39, 0.29) is 11.9 Å². The van der Waals surface area contributed by atoms with Crippen molar-refractivity contribution in [3.8, 4) is 11.5 Å². The Morgan fingerprint density at radius 1 is 1.15 bits per heavy atom. The molecule has 1 fully saturated rings. The molecule has 1 saturated heterocycles. The third kappa shape index (κ3) is 5.54. The second-order valence-electron chi connectivity index (χ2n) is 8.56. The maximum atomic E-state index is 11.6. The molecule has 0 radical (unpaired) electrons. The van der Waals surface area contributed by atoms with Gasteiger partial charge >= 0.3 is 0 Å². The summed E-state index contributed by atoms with van der Waals surface area (Å²) < 4.78 is 22.6. The van der Waals surface area contributed by atoms with Crippen LogP contribution in [0.5, 0.6) is 11.5 Å². The third-order valence-electron chi connectivity index (χ3n) is 6.44. The molecule has 7 nitrogen and oxygen atoms in total. The number of hydrogen-bond donors (Lipinski definition) is 0. The Morgan fingerprint density at radius 2 is 1.94 bits per heavy atom. The van der Waals surface area contributed by atoms with Crippen LogP contribution >= 0.6 is 0 Å². The molecule has 7 heteroatoms. The number of aromatic nitrogens is 1. The maximum Gasteiger partial charge on any atom is 0.167 e. The van der Waals surface area contributed by atoms with Crippen molar-refractivity contribution >= 4 is 16.8 Å². The van der Waals surface area contributed by atoms with E-state index < -0.39 is 0 Å². The number of fused-ring (bicyclic) bond motifs is 1. The summed E-state index contributed by atoms with van der Waals surface area (Å²) in [6, 6.07) is 13.3. The van der Waals surface area contributed by atoms with Crippen molar-refractivity contribution in [2.24, 2.45) is 0 Å². The number of benzene rings is 2. The molecular weight excluding hydrogens is 420 g/mol. The Hall–Kier alpha value is -2.90.